The molecule has 0 aliphatic carbocycles. The average molecular weight is 354 g/mol. The Kier molecular flexibility index (Phi) is 3.71. The van der Waals surface area contributed by atoms with Gasteiger partial charge in [0.25, 0.3) is 0 Å². The van der Waals surface area contributed by atoms with Crippen molar-refractivity contribution in [2.24, 2.45) is 5.73 Å². The quantitative estimate of drug-likeness (QED) is 0.884. The molecule has 2 aromatic carbocycles. The molecule has 1 atom stereocenters. The third-order valence-electron chi connectivity index (χ3n) is 3.74. The van der Waals surface area contributed by atoms with E-state index in [1.165, 1.54) is 12.1 Å². The van der Waals surface area contributed by atoms with Crippen molar-refractivity contribution in [3.63, 3.8) is 0 Å². The number of nitrogens with two attached hydrogens (primary N) is 1. The monoisotopic (exact) mass is 353 g/mol. The van der Waals surface area contributed by atoms with E-state index in [9.17, 15) is 8.78 Å². The molecular formula is C16H14BrF2NO. The molecule has 0 amide bonds. The van der Waals surface area contributed by atoms with Crippen molar-refractivity contribution in [1.29, 1.82) is 0 Å². The second-order valence-electron chi connectivity index (χ2n) is 5.15. The summed E-state index contributed by atoms with van der Waals surface area (Å²) in [6.07, 6.45) is 0.771. The zero-order chi connectivity index (χ0) is 15.1. The Morgan fingerprint density at radius 1 is 1.29 bits per heavy atom. The maximum atomic E-state index is 14.3. The molecule has 21 heavy (non-hydrogen) atoms. The largest absolute Gasteiger partial charge is 0.493 e. The number of hydrogen-bond acceptors (Lipinski definition) is 2. The normalized spacial score (nSPS) is 14.7. The topological polar surface area (TPSA) is 35.2 Å². The summed E-state index contributed by atoms with van der Waals surface area (Å²) in [4.78, 5) is 0. The van der Waals surface area contributed by atoms with Gasteiger partial charge in [-0.3, -0.25) is 0 Å². The molecule has 1 aliphatic rings. The van der Waals surface area contributed by atoms with Gasteiger partial charge in [-0.2, -0.15) is 0 Å². The highest BCUT2D eigenvalue weighted by Gasteiger charge is 2.26. The van der Waals surface area contributed by atoms with Gasteiger partial charge in [0.1, 0.15) is 17.4 Å². The van der Waals surface area contributed by atoms with Crippen molar-refractivity contribution in [2.45, 2.75) is 19.4 Å². The fourth-order valence-corrected chi connectivity index (χ4v) is 3.17. The molecule has 0 saturated carbocycles. The Morgan fingerprint density at radius 2 is 2.05 bits per heavy atom. The van der Waals surface area contributed by atoms with Gasteiger partial charge in [-0.1, -0.05) is 22.0 Å². The molecule has 2 nitrogen and oxygen atoms in total. The molecule has 110 valence electrons. The van der Waals surface area contributed by atoms with E-state index in [0.29, 0.717) is 23.5 Å². The lowest BCUT2D eigenvalue weighted by atomic mass is 9.94. The third-order valence-corrected chi connectivity index (χ3v) is 4.20. The molecule has 2 aromatic rings. The first-order valence-electron chi connectivity index (χ1n) is 6.64. The fourth-order valence-electron chi connectivity index (χ4n) is 2.65. The molecule has 3 rings (SSSR count). The summed E-state index contributed by atoms with van der Waals surface area (Å²) < 4.78 is 34.7. The van der Waals surface area contributed by atoms with Gasteiger partial charge >= 0.3 is 0 Å². The standard InChI is InChI=1S/C16H14BrF2NO/c1-8-2-3-12(18)13(14(8)19)15(20)11-7-10(17)6-9-4-5-21-16(9)11/h2-3,6-7,15H,4-5,20H2,1H3. The van der Waals surface area contributed by atoms with Gasteiger partial charge in [0.15, 0.2) is 0 Å². The number of aryl methyl sites for hydroxylation is 1. The van der Waals surface area contributed by atoms with Crippen molar-refractivity contribution in [3.05, 3.63) is 62.6 Å². The number of fused-ring (bicyclic) bond motifs is 1. The van der Waals surface area contributed by atoms with Crippen LogP contribution in [0, 0.1) is 18.6 Å². The van der Waals surface area contributed by atoms with Crippen LogP contribution in [0.3, 0.4) is 0 Å². The minimum Gasteiger partial charge on any atom is -0.493 e. The van der Waals surface area contributed by atoms with Gasteiger partial charge in [0, 0.05) is 22.0 Å². The first-order valence-corrected chi connectivity index (χ1v) is 7.43. The van der Waals surface area contributed by atoms with Crippen LogP contribution in [-0.2, 0) is 6.42 Å². The summed E-state index contributed by atoms with van der Waals surface area (Å²) in [7, 11) is 0. The first kappa shape index (κ1) is 14.5. The molecule has 1 unspecified atom stereocenters. The summed E-state index contributed by atoms with van der Waals surface area (Å²) in [5, 5.41) is 0. The van der Waals surface area contributed by atoms with E-state index >= 15 is 0 Å². The van der Waals surface area contributed by atoms with Crippen LogP contribution in [-0.4, -0.2) is 6.61 Å². The van der Waals surface area contributed by atoms with Gasteiger partial charge in [-0.25, -0.2) is 8.78 Å². The summed E-state index contributed by atoms with van der Waals surface area (Å²) >= 11 is 3.41. The van der Waals surface area contributed by atoms with E-state index in [0.717, 1.165) is 16.5 Å². The minimum atomic E-state index is -0.908. The smallest absolute Gasteiger partial charge is 0.134 e. The molecule has 2 N–H and O–H groups in total. The Morgan fingerprint density at radius 3 is 2.81 bits per heavy atom. The molecule has 0 saturated heterocycles. The summed E-state index contributed by atoms with van der Waals surface area (Å²) in [5.74, 6) is -0.599. The van der Waals surface area contributed by atoms with Crippen molar-refractivity contribution < 1.29 is 13.5 Å². The van der Waals surface area contributed by atoms with Crippen LogP contribution in [0.1, 0.15) is 28.3 Å². The van der Waals surface area contributed by atoms with Crippen LogP contribution in [0.25, 0.3) is 0 Å². The molecule has 1 aliphatic heterocycles. The lowest BCUT2D eigenvalue weighted by molar-refractivity contribution is 0.352. The number of benzene rings is 2. The van der Waals surface area contributed by atoms with E-state index in [-0.39, 0.29) is 5.56 Å². The van der Waals surface area contributed by atoms with Crippen molar-refractivity contribution in [1.82, 2.24) is 0 Å². The van der Waals surface area contributed by atoms with Gasteiger partial charge in [0.2, 0.25) is 0 Å². The van der Waals surface area contributed by atoms with E-state index in [1.54, 1.807) is 13.0 Å². The highest BCUT2D eigenvalue weighted by Crippen LogP contribution is 2.39. The number of ether oxygens (including phenoxy) is 1. The number of halogens is 3. The second-order valence-corrected chi connectivity index (χ2v) is 6.07. The molecular weight excluding hydrogens is 340 g/mol. The van der Waals surface area contributed by atoms with Crippen LogP contribution in [0.2, 0.25) is 0 Å². The van der Waals surface area contributed by atoms with Crippen LogP contribution in [0.15, 0.2) is 28.7 Å². The molecule has 0 aromatic heterocycles. The van der Waals surface area contributed by atoms with Crippen molar-refractivity contribution in [2.75, 3.05) is 6.61 Å². The molecule has 1 heterocycles. The van der Waals surface area contributed by atoms with Crippen molar-refractivity contribution >= 4 is 15.9 Å². The van der Waals surface area contributed by atoms with Gasteiger partial charge in [-0.15, -0.1) is 0 Å². The SMILES string of the molecule is Cc1ccc(F)c(C(N)c2cc(Br)cc3c2OCC3)c1F. The Balaban J connectivity index is 2.16. The first-order chi connectivity index (χ1) is 9.99. The minimum absolute atomic E-state index is 0.120. The lowest BCUT2D eigenvalue weighted by Gasteiger charge is -2.18. The van der Waals surface area contributed by atoms with Gasteiger partial charge < -0.3 is 10.5 Å². The highest BCUT2D eigenvalue weighted by atomic mass is 79.9. The maximum Gasteiger partial charge on any atom is 0.134 e. The van der Waals surface area contributed by atoms with Gasteiger partial charge in [-0.05, 0) is 36.2 Å². The van der Waals surface area contributed by atoms with E-state index in [1.807, 2.05) is 6.07 Å². The Labute approximate surface area is 130 Å². The van der Waals surface area contributed by atoms with Crippen LogP contribution in [0.4, 0.5) is 8.78 Å². The van der Waals surface area contributed by atoms with E-state index in [2.05, 4.69) is 15.9 Å². The second kappa shape index (κ2) is 5.39. The van der Waals surface area contributed by atoms with Crippen molar-refractivity contribution in [3.8, 4) is 5.75 Å². The highest BCUT2D eigenvalue weighted by molar-refractivity contribution is 9.10. The molecule has 0 bridgehead atoms. The fraction of sp³-hybridized carbons (Fsp3) is 0.250. The predicted octanol–water partition coefficient (Wildman–Crippen LogP) is 4.02. The summed E-state index contributed by atoms with van der Waals surface area (Å²) in [6.45, 7) is 2.15. The molecule has 0 fully saturated rings. The predicted molar refractivity (Wildman–Crippen MR) is 80.5 cm³/mol. The zero-order valence-electron chi connectivity index (χ0n) is 11.4. The lowest BCUT2D eigenvalue weighted by Crippen LogP contribution is -2.17. The van der Waals surface area contributed by atoms with Crippen LogP contribution in [0.5, 0.6) is 5.75 Å². The number of hydrogen-bond donors (Lipinski definition) is 1. The average Bonchev–Trinajstić information content (AvgIpc) is 2.90. The Hall–Kier alpha value is -1.46. The van der Waals surface area contributed by atoms with Crippen LogP contribution >= 0.6 is 15.9 Å². The maximum absolute atomic E-state index is 14.3. The Bertz CT molecular complexity index is 718. The summed E-state index contributed by atoms with van der Waals surface area (Å²) in [6, 6.07) is 5.45. The zero-order valence-corrected chi connectivity index (χ0v) is 13.0. The van der Waals surface area contributed by atoms with E-state index in [4.69, 9.17) is 10.5 Å². The molecule has 0 radical (unpaired) electrons. The molecule has 5 heteroatoms. The third kappa shape index (κ3) is 2.45. The molecule has 0 spiro atoms. The van der Waals surface area contributed by atoms with E-state index < -0.39 is 17.7 Å². The summed E-state index contributed by atoms with van der Waals surface area (Å²) in [5.41, 5.74) is 8.00. The number of rotatable bonds is 2. The van der Waals surface area contributed by atoms with Crippen LogP contribution < -0.4 is 10.5 Å². The van der Waals surface area contributed by atoms with Gasteiger partial charge in [0.05, 0.1) is 12.6 Å².